The molecule has 1 aromatic carbocycles. The van der Waals surface area contributed by atoms with Crippen molar-refractivity contribution in [2.24, 2.45) is 5.73 Å². The zero-order chi connectivity index (χ0) is 15.3. The van der Waals surface area contributed by atoms with Crippen molar-refractivity contribution in [1.29, 1.82) is 0 Å². The number of sulfonamides is 1. The van der Waals surface area contributed by atoms with E-state index in [4.69, 9.17) is 5.73 Å². The second-order valence-electron chi connectivity index (χ2n) is 4.39. The molecule has 0 radical (unpaired) electrons. The molecule has 0 aliphatic carbocycles. The fraction of sp³-hybridized carbons (Fsp3) is 0.500. The van der Waals surface area contributed by atoms with Crippen molar-refractivity contribution >= 4 is 10.0 Å². The van der Waals surface area contributed by atoms with Crippen molar-refractivity contribution in [3.8, 4) is 0 Å². The highest BCUT2D eigenvalue weighted by Gasteiger charge is 2.22. The predicted octanol–water partition coefficient (Wildman–Crippen LogP) is 0.654. The third-order valence-corrected chi connectivity index (χ3v) is 4.37. The lowest BCUT2D eigenvalue weighted by Gasteiger charge is -2.14. The number of nitrogens with two attached hydrogens (primary N) is 1. The molecule has 1 rings (SSSR count). The average molecular weight is 307 g/mol. The van der Waals surface area contributed by atoms with Crippen LogP contribution in [0.1, 0.15) is 12.5 Å². The van der Waals surface area contributed by atoms with E-state index in [1.807, 2.05) is 18.9 Å². The fourth-order valence-corrected chi connectivity index (χ4v) is 2.69. The van der Waals surface area contributed by atoms with Crippen LogP contribution in [0.5, 0.6) is 0 Å². The van der Waals surface area contributed by atoms with E-state index in [1.54, 1.807) is 0 Å². The molecule has 0 fully saturated rings. The topological polar surface area (TPSA) is 75.4 Å². The van der Waals surface area contributed by atoms with Crippen molar-refractivity contribution < 1.29 is 17.2 Å². The summed E-state index contributed by atoms with van der Waals surface area (Å²) in [5.74, 6) is -2.61. The third-order valence-electron chi connectivity index (χ3n) is 2.91. The molecule has 0 aliphatic rings. The van der Waals surface area contributed by atoms with Gasteiger partial charge in [-0.05, 0) is 31.3 Å². The van der Waals surface area contributed by atoms with E-state index in [9.17, 15) is 17.2 Å². The van der Waals surface area contributed by atoms with Gasteiger partial charge < -0.3 is 10.6 Å². The Balaban J connectivity index is 2.95. The molecular weight excluding hydrogens is 288 g/mol. The number of hydrogen-bond acceptors (Lipinski definition) is 4. The van der Waals surface area contributed by atoms with Crippen LogP contribution < -0.4 is 10.5 Å². The number of nitrogens with zero attached hydrogens (tertiary/aromatic N) is 1. The largest absolute Gasteiger partial charge is 0.326 e. The Hall–Kier alpha value is -1.09. The van der Waals surface area contributed by atoms with Crippen LogP contribution in [0.15, 0.2) is 17.0 Å². The maximum Gasteiger partial charge on any atom is 0.243 e. The van der Waals surface area contributed by atoms with Crippen LogP contribution >= 0.6 is 0 Å². The number of hydrogen-bond donors (Lipinski definition) is 2. The van der Waals surface area contributed by atoms with Gasteiger partial charge in [-0.25, -0.2) is 21.9 Å². The summed E-state index contributed by atoms with van der Waals surface area (Å²) in [6, 6.07) is 1.93. The second kappa shape index (κ2) is 7.07. The normalized spacial score (nSPS) is 12.1. The fourth-order valence-electron chi connectivity index (χ4n) is 1.54. The van der Waals surface area contributed by atoms with Gasteiger partial charge in [-0.2, -0.15) is 0 Å². The number of likely N-dealkylation sites (N-methyl/N-ethyl adjacent to an activating group) is 1. The molecule has 0 heterocycles. The first-order valence-electron chi connectivity index (χ1n) is 6.18. The first-order valence-corrected chi connectivity index (χ1v) is 7.66. The molecule has 0 unspecified atom stereocenters. The van der Waals surface area contributed by atoms with Gasteiger partial charge in [0.15, 0.2) is 11.6 Å². The molecule has 0 saturated heterocycles. The lowest BCUT2D eigenvalue weighted by atomic mass is 10.2. The number of nitrogens with one attached hydrogen (secondary N) is 1. The Kier molecular flexibility index (Phi) is 6.00. The summed E-state index contributed by atoms with van der Waals surface area (Å²) in [6.07, 6.45) is 0. The van der Waals surface area contributed by atoms with E-state index in [0.717, 1.165) is 18.7 Å². The van der Waals surface area contributed by atoms with Crippen LogP contribution in [0, 0.1) is 11.6 Å². The molecule has 0 bridgehead atoms. The molecule has 3 N–H and O–H groups in total. The predicted molar refractivity (Wildman–Crippen MR) is 72.6 cm³/mol. The average Bonchev–Trinajstić information content (AvgIpc) is 2.40. The Bertz CT molecular complexity index is 564. The highest BCUT2D eigenvalue weighted by Crippen LogP contribution is 2.19. The molecular formula is C12H19F2N3O2S. The number of rotatable bonds is 7. The monoisotopic (exact) mass is 307 g/mol. The third kappa shape index (κ3) is 4.20. The van der Waals surface area contributed by atoms with Crippen LogP contribution in [-0.2, 0) is 16.6 Å². The Labute approximate surface area is 117 Å². The zero-order valence-corrected chi connectivity index (χ0v) is 12.3. The van der Waals surface area contributed by atoms with Crippen LogP contribution in [0.4, 0.5) is 8.78 Å². The Morgan fingerprint density at radius 2 is 2.00 bits per heavy atom. The maximum atomic E-state index is 13.6. The minimum Gasteiger partial charge on any atom is -0.326 e. The smallest absolute Gasteiger partial charge is 0.243 e. The van der Waals surface area contributed by atoms with Crippen LogP contribution in [0.2, 0.25) is 0 Å². The van der Waals surface area contributed by atoms with E-state index < -0.39 is 26.6 Å². The van der Waals surface area contributed by atoms with Gasteiger partial charge in [0.2, 0.25) is 10.0 Å². The van der Waals surface area contributed by atoms with Crippen molar-refractivity contribution in [1.82, 2.24) is 9.62 Å². The maximum absolute atomic E-state index is 13.6. The summed E-state index contributed by atoms with van der Waals surface area (Å²) in [7, 11) is -2.27. The van der Waals surface area contributed by atoms with E-state index >= 15 is 0 Å². The van der Waals surface area contributed by atoms with Gasteiger partial charge in [0, 0.05) is 19.6 Å². The van der Waals surface area contributed by atoms with Crippen LogP contribution in [0.3, 0.4) is 0 Å². The van der Waals surface area contributed by atoms with Gasteiger partial charge in [0.05, 0.1) is 0 Å². The molecule has 1 aromatic rings. The summed E-state index contributed by atoms with van der Waals surface area (Å²) < 4.78 is 53.1. The Morgan fingerprint density at radius 1 is 1.35 bits per heavy atom. The molecule has 8 heteroatoms. The van der Waals surface area contributed by atoms with Gasteiger partial charge in [0.1, 0.15) is 4.90 Å². The first kappa shape index (κ1) is 17.0. The lowest BCUT2D eigenvalue weighted by Crippen LogP contribution is -2.33. The van der Waals surface area contributed by atoms with Crippen molar-refractivity contribution in [3.05, 3.63) is 29.3 Å². The molecule has 0 atom stereocenters. The van der Waals surface area contributed by atoms with Gasteiger partial charge >= 0.3 is 0 Å². The number of benzene rings is 1. The SMILES string of the molecule is CCN(C)CCNS(=O)(=O)c1cc(CN)cc(F)c1F. The molecule has 0 aromatic heterocycles. The van der Waals surface area contributed by atoms with Crippen LogP contribution in [0.25, 0.3) is 0 Å². The summed E-state index contributed by atoms with van der Waals surface area (Å²) >= 11 is 0. The Morgan fingerprint density at radius 3 is 2.55 bits per heavy atom. The minimum atomic E-state index is -4.10. The second-order valence-corrected chi connectivity index (χ2v) is 6.12. The summed E-state index contributed by atoms with van der Waals surface area (Å²) in [5.41, 5.74) is 5.55. The highest BCUT2D eigenvalue weighted by molar-refractivity contribution is 7.89. The molecule has 5 nitrogen and oxygen atoms in total. The zero-order valence-electron chi connectivity index (χ0n) is 11.5. The molecule has 0 aliphatic heterocycles. The molecule has 0 saturated carbocycles. The van der Waals surface area contributed by atoms with Crippen molar-refractivity contribution in [2.45, 2.75) is 18.4 Å². The first-order chi connectivity index (χ1) is 9.31. The van der Waals surface area contributed by atoms with E-state index in [1.165, 1.54) is 0 Å². The van der Waals surface area contributed by atoms with E-state index in [2.05, 4.69) is 4.72 Å². The highest BCUT2D eigenvalue weighted by atomic mass is 32.2. The van der Waals surface area contributed by atoms with Gasteiger partial charge in [-0.3, -0.25) is 0 Å². The van der Waals surface area contributed by atoms with Crippen molar-refractivity contribution in [2.75, 3.05) is 26.7 Å². The summed E-state index contributed by atoms with van der Waals surface area (Å²) in [5, 5.41) is 0. The van der Waals surface area contributed by atoms with E-state index in [0.29, 0.717) is 6.54 Å². The van der Waals surface area contributed by atoms with Gasteiger partial charge in [-0.1, -0.05) is 6.92 Å². The number of halogens is 2. The van der Waals surface area contributed by atoms with Gasteiger partial charge in [-0.15, -0.1) is 0 Å². The summed E-state index contributed by atoms with van der Waals surface area (Å²) in [4.78, 5) is 1.17. The lowest BCUT2D eigenvalue weighted by molar-refractivity contribution is 0.357. The van der Waals surface area contributed by atoms with E-state index in [-0.39, 0.29) is 18.7 Å². The minimum absolute atomic E-state index is 0.0711. The molecule has 0 spiro atoms. The van der Waals surface area contributed by atoms with Crippen molar-refractivity contribution in [3.63, 3.8) is 0 Å². The van der Waals surface area contributed by atoms with Gasteiger partial charge in [0.25, 0.3) is 0 Å². The van der Waals surface area contributed by atoms with Crippen LogP contribution in [-0.4, -0.2) is 40.0 Å². The molecule has 20 heavy (non-hydrogen) atoms. The molecule has 0 amide bonds. The molecule has 114 valence electrons. The summed E-state index contributed by atoms with van der Waals surface area (Å²) in [6.45, 7) is 3.19. The quantitative estimate of drug-likeness (QED) is 0.776. The standard InChI is InChI=1S/C12H19F2N3O2S/c1-3-17(2)5-4-16-20(18,19)11-7-9(8-15)6-10(13)12(11)14/h6-7,16H,3-5,8,15H2,1-2H3.